The van der Waals surface area contributed by atoms with Crippen LogP contribution >= 0.6 is 0 Å². The Labute approximate surface area is 250 Å². The number of aliphatic imine (C=N–C) groups is 1. The fourth-order valence-electron chi connectivity index (χ4n) is 6.15. The Kier molecular flexibility index (Phi) is 9.01. The first-order valence-electron chi connectivity index (χ1n) is 14.5. The molecule has 0 radical (unpaired) electrons. The third kappa shape index (κ3) is 6.67. The topological polar surface area (TPSA) is 131 Å². The molecule has 5 rings (SSSR count). The van der Waals surface area contributed by atoms with Gasteiger partial charge in [-0.25, -0.2) is 9.59 Å². The maximum absolute atomic E-state index is 12.6. The molecule has 222 valence electrons. The van der Waals surface area contributed by atoms with Crippen LogP contribution in [0.3, 0.4) is 0 Å². The van der Waals surface area contributed by atoms with Crippen molar-refractivity contribution in [1.82, 2.24) is 10.2 Å². The van der Waals surface area contributed by atoms with Gasteiger partial charge in [-0.05, 0) is 66.3 Å². The molecular weight excluding hydrogens is 544 g/mol. The number of aliphatic carboxylic acids is 2. The molecule has 0 fully saturated rings. The van der Waals surface area contributed by atoms with E-state index in [0.717, 1.165) is 32.5 Å². The number of allylic oxidation sites excluding steroid dienone is 1. The predicted octanol–water partition coefficient (Wildman–Crippen LogP) is 5.76. The van der Waals surface area contributed by atoms with Gasteiger partial charge in [0.05, 0.1) is 5.57 Å². The van der Waals surface area contributed by atoms with Gasteiger partial charge in [0.15, 0.2) is 0 Å². The van der Waals surface area contributed by atoms with E-state index in [1.54, 1.807) is 38.1 Å². The molecule has 2 amide bonds. The highest BCUT2D eigenvalue weighted by Gasteiger charge is 2.41. The van der Waals surface area contributed by atoms with Gasteiger partial charge in [0.25, 0.3) is 0 Å². The van der Waals surface area contributed by atoms with E-state index in [2.05, 4.69) is 69.1 Å². The minimum absolute atomic E-state index is 0.0589. The van der Waals surface area contributed by atoms with Gasteiger partial charge in [0.1, 0.15) is 5.92 Å². The van der Waals surface area contributed by atoms with E-state index >= 15 is 0 Å². The second-order valence-electron chi connectivity index (χ2n) is 11.0. The normalized spacial score (nSPS) is 19.0. The standard InChI is InChI=1S/C34H36N4O5/c1-21-29(32(39)40)31(30(33(41)42)22(2)36-21)25-10-5-11-26(20-25)37-34(43)35-16-7-17-38-18-14-24(15-19-38)28-13-6-9-23-8-3-4-12-27(23)28/h3-6,8-14,20,29,31H,7,15-19H2,1-2H3,(H,39,40)(H,41,42)(H2,35,37,43). The highest BCUT2D eigenvalue weighted by atomic mass is 16.4. The molecule has 0 saturated heterocycles. The second-order valence-corrected chi connectivity index (χ2v) is 11.0. The lowest BCUT2D eigenvalue weighted by Gasteiger charge is -2.29. The van der Waals surface area contributed by atoms with Crippen molar-refractivity contribution in [2.24, 2.45) is 10.9 Å². The van der Waals surface area contributed by atoms with Gasteiger partial charge in [-0.3, -0.25) is 14.7 Å². The fraction of sp³-hybridized carbons (Fsp3) is 0.294. The molecule has 2 heterocycles. The molecule has 2 aliphatic heterocycles. The molecule has 43 heavy (non-hydrogen) atoms. The molecule has 2 unspecified atom stereocenters. The van der Waals surface area contributed by atoms with E-state index in [1.165, 1.54) is 21.9 Å². The SMILES string of the molecule is CC1=NC(C)=C(C(=O)O)C(c2cccc(NC(=O)NCCCN3CC=C(c4cccc5ccccc45)CC3)c2)C1C(=O)O. The van der Waals surface area contributed by atoms with E-state index in [0.29, 0.717) is 23.5 Å². The molecule has 3 aromatic rings. The number of carboxylic acid groups (broad SMARTS) is 2. The van der Waals surface area contributed by atoms with Crippen LogP contribution in [-0.4, -0.2) is 65.0 Å². The number of hydrogen-bond donors (Lipinski definition) is 4. The number of nitrogens with one attached hydrogen (secondary N) is 2. The lowest BCUT2D eigenvalue weighted by Crippen LogP contribution is -2.35. The minimum atomic E-state index is -1.21. The number of anilines is 1. The summed E-state index contributed by atoms with van der Waals surface area (Å²) in [6.45, 7) is 6.34. The predicted molar refractivity (Wildman–Crippen MR) is 168 cm³/mol. The monoisotopic (exact) mass is 580 g/mol. The number of carbonyl (C=O) groups excluding carboxylic acids is 1. The second kappa shape index (κ2) is 13.0. The van der Waals surface area contributed by atoms with Crippen LogP contribution in [0.15, 0.2) is 89.1 Å². The number of carbonyl (C=O) groups is 3. The average Bonchev–Trinajstić information content (AvgIpc) is 2.98. The molecule has 0 aliphatic carbocycles. The first-order chi connectivity index (χ1) is 20.7. The number of fused-ring (bicyclic) bond motifs is 1. The molecule has 0 aromatic heterocycles. The number of benzene rings is 3. The Morgan fingerprint density at radius 2 is 1.77 bits per heavy atom. The summed E-state index contributed by atoms with van der Waals surface area (Å²) in [6, 6.07) is 21.2. The van der Waals surface area contributed by atoms with Gasteiger partial charge in [-0.1, -0.05) is 60.7 Å². The largest absolute Gasteiger partial charge is 0.481 e. The summed E-state index contributed by atoms with van der Waals surface area (Å²) in [6.07, 6.45) is 4.07. The van der Waals surface area contributed by atoms with Crippen LogP contribution in [0.4, 0.5) is 10.5 Å². The Hall–Kier alpha value is -4.76. The molecule has 2 aliphatic rings. The molecule has 0 saturated carbocycles. The van der Waals surface area contributed by atoms with Crippen molar-refractivity contribution >= 4 is 45.7 Å². The lowest BCUT2D eigenvalue weighted by molar-refractivity contribution is -0.140. The summed E-state index contributed by atoms with van der Waals surface area (Å²) in [5, 5.41) is 27.9. The van der Waals surface area contributed by atoms with Crippen LogP contribution in [0.25, 0.3) is 16.3 Å². The molecule has 2 atom stereocenters. The van der Waals surface area contributed by atoms with Crippen LogP contribution in [-0.2, 0) is 9.59 Å². The summed E-state index contributed by atoms with van der Waals surface area (Å²) in [7, 11) is 0. The summed E-state index contributed by atoms with van der Waals surface area (Å²) in [5.41, 5.74) is 4.16. The average molecular weight is 581 g/mol. The van der Waals surface area contributed by atoms with E-state index in [1.807, 2.05) is 0 Å². The van der Waals surface area contributed by atoms with Crippen LogP contribution in [0.1, 0.15) is 43.7 Å². The smallest absolute Gasteiger partial charge is 0.334 e. The van der Waals surface area contributed by atoms with E-state index in [-0.39, 0.29) is 17.3 Å². The summed E-state index contributed by atoms with van der Waals surface area (Å²) in [4.78, 5) is 43.4. The van der Waals surface area contributed by atoms with Crippen molar-refractivity contribution in [3.63, 3.8) is 0 Å². The van der Waals surface area contributed by atoms with Gasteiger partial charge in [0.2, 0.25) is 0 Å². The van der Waals surface area contributed by atoms with Crippen LogP contribution < -0.4 is 10.6 Å². The van der Waals surface area contributed by atoms with Crippen molar-refractivity contribution in [3.8, 4) is 0 Å². The quantitative estimate of drug-likeness (QED) is 0.238. The van der Waals surface area contributed by atoms with Crippen molar-refractivity contribution in [1.29, 1.82) is 0 Å². The number of amides is 2. The zero-order valence-corrected chi connectivity index (χ0v) is 24.3. The summed E-state index contributed by atoms with van der Waals surface area (Å²) in [5.74, 6) is -4.42. The lowest BCUT2D eigenvalue weighted by atomic mass is 9.75. The minimum Gasteiger partial charge on any atom is -0.481 e. The fourth-order valence-corrected chi connectivity index (χ4v) is 6.15. The zero-order chi connectivity index (χ0) is 30.5. The molecule has 0 spiro atoms. The number of carboxylic acids is 2. The van der Waals surface area contributed by atoms with Crippen LogP contribution in [0.2, 0.25) is 0 Å². The third-order valence-electron chi connectivity index (χ3n) is 8.19. The number of nitrogens with zero attached hydrogens (tertiary/aromatic N) is 2. The van der Waals surface area contributed by atoms with Gasteiger partial charge in [0, 0.05) is 49.2 Å². The first kappa shape index (κ1) is 29.7. The summed E-state index contributed by atoms with van der Waals surface area (Å²) >= 11 is 0. The summed E-state index contributed by atoms with van der Waals surface area (Å²) < 4.78 is 0. The third-order valence-corrected chi connectivity index (χ3v) is 8.19. The highest BCUT2D eigenvalue weighted by molar-refractivity contribution is 6.06. The highest BCUT2D eigenvalue weighted by Crippen LogP contribution is 2.39. The molecular formula is C34H36N4O5. The van der Waals surface area contributed by atoms with E-state index in [9.17, 15) is 24.6 Å². The van der Waals surface area contributed by atoms with Crippen molar-refractivity contribution < 1.29 is 24.6 Å². The van der Waals surface area contributed by atoms with E-state index < -0.39 is 23.8 Å². The maximum Gasteiger partial charge on any atom is 0.334 e. The van der Waals surface area contributed by atoms with Gasteiger partial charge >= 0.3 is 18.0 Å². The molecule has 3 aromatic carbocycles. The Morgan fingerprint density at radius 1 is 1.00 bits per heavy atom. The van der Waals surface area contributed by atoms with Crippen LogP contribution in [0.5, 0.6) is 0 Å². The van der Waals surface area contributed by atoms with Gasteiger partial charge < -0.3 is 20.8 Å². The Bertz CT molecular complexity index is 1650. The van der Waals surface area contributed by atoms with Gasteiger partial charge in [-0.15, -0.1) is 0 Å². The maximum atomic E-state index is 12.6. The Balaban J connectivity index is 1.14. The van der Waals surface area contributed by atoms with Crippen LogP contribution in [0, 0.1) is 5.92 Å². The first-order valence-corrected chi connectivity index (χ1v) is 14.5. The molecule has 4 N–H and O–H groups in total. The molecule has 9 nitrogen and oxygen atoms in total. The molecule has 9 heteroatoms. The Morgan fingerprint density at radius 3 is 2.51 bits per heavy atom. The van der Waals surface area contributed by atoms with Crippen molar-refractivity contribution in [2.45, 2.75) is 32.6 Å². The number of hydrogen-bond acceptors (Lipinski definition) is 5. The zero-order valence-electron chi connectivity index (χ0n) is 24.3. The van der Waals surface area contributed by atoms with Crippen molar-refractivity contribution in [2.75, 3.05) is 31.5 Å². The number of urea groups is 1. The van der Waals surface area contributed by atoms with Gasteiger partial charge in [-0.2, -0.15) is 0 Å². The molecule has 0 bridgehead atoms. The van der Waals surface area contributed by atoms with Crippen molar-refractivity contribution in [3.05, 3.63) is 95.2 Å². The van der Waals surface area contributed by atoms with E-state index in [4.69, 9.17) is 0 Å². The number of rotatable bonds is 9.